The Kier molecular flexibility index (Phi) is 6.85. The molecule has 1 fully saturated rings. The molecule has 1 heterocycles. The molecule has 1 saturated heterocycles. The second-order valence-corrected chi connectivity index (χ2v) is 6.88. The molecule has 0 saturated carbocycles. The zero-order valence-electron chi connectivity index (χ0n) is 15.8. The molecule has 1 aliphatic heterocycles. The normalized spacial score (nSPS) is 17.1. The van der Waals surface area contributed by atoms with E-state index in [0.717, 1.165) is 38.4 Å². The van der Waals surface area contributed by atoms with E-state index in [2.05, 4.69) is 4.90 Å². The molecular formula is C22H27NO4. The minimum Gasteiger partial charge on any atom is -0.482 e. The van der Waals surface area contributed by atoms with Crippen LogP contribution in [0, 0.1) is 0 Å². The maximum Gasteiger partial charge on any atom is 0.345 e. The van der Waals surface area contributed by atoms with Crippen molar-refractivity contribution in [3.8, 4) is 5.75 Å². The van der Waals surface area contributed by atoms with Gasteiger partial charge in [0.15, 0.2) is 6.61 Å². The van der Waals surface area contributed by atoms with Crippen molar-refractivity contribution in [1.82, 2.24) is 4.90 Å². The van der Waals surface area contributed by atoms with E-state index >= 15 is 0 Å². The maximum atomic E-state index is 12.5. The van der Waals surface area contributed by atoms with Crippen LogP contribution in [0.1, 0.15) is 18.9 Å². The molecule has 0 bridgehead atoms. The minimum atomic E-state index is -0.698. The molecule has 1 atom stereocenters. The number of ether oxygens (including phenoxy) is 3. The Morgan fingerprint density at radius 1 is 1.04 bits per heavy atom. The first kappa shape index (κ1) is 19.4. The summed E-state index contributed by atoms with van der Waals surface area (Å²) in [6.45, 7) is 6.06. The molecule has 2 aromatic rings. The molecule has 5 heteroatoms. The predicted octanol–water partition coefficient (Wildman–Crippen LogP) is 3.25. The smallest absolute Gasteiger partial charge is 0.345 e. The van der Waals surface area contributed by atoms with Gasteiger partial charge < -0.3 is 14.2 Å². The second kappa shape index (κ2) is 9.53. The van der Waals surface area contributed by atoms with Gasteiger partial charge in [-0.25, -0.2) is 4.79 Å². The molecule has 5 nitrogen and oxygen atoms in total. The number of benzene rings is 2. The first-order valence-electron chi connectivity index (χ1n) is 9.41. The van der Waals surface area contributed by atoms with E-state index in [0.29, 0.717) is 12.2 Å². The lowest BCUT2D eigenvalue weighted by molar-refractivity contribution is -0.163. The van der Waals surface area contributed by atoms with E-state index in [-0.39, 0.29) is 12.6 Å². The van der Waals surface area contributed by atoms with Crippen molar-refractivity contribution in [3.63, 3.8) is 0 Å². The minimum absolute atomic E-state index is 0.107. The van der Waals surface area contributed by atoms with Crippen LogP contribution in [0.2, 0.25) is 0 Å². The summed E-state index contributed by atoms with van der Waals surface area (Å²) in [5, 5.41) is 0. The Bertz CT molecular complexity index is 701. The Labute approximate surface area is 160 Å². The molecule has 27 heavy (non-hydrogen) atoms. The number of hydrogen-bond acceptors (Lipinski definition) is 5. The van der Waals surface area contributed by atoms with Crippen molar-refractivity contribution in [1.29, 1.82) is 0 Å². The fourth-order valence-electron chi connectivity index (χ4n) is 3.18. The van der Waals surface area contributed by atoms with Gasteiger partial charge in [-0.3, -0.25) is 4.90 Å². The van der Waals surface area contributed by atoms with Gasteiger partial charge in [0.2, 0.25) is 0 Å². The highest BCUT2D eigenvalue weighted by Crippen LogP contribution is 2.30. The molecule has 0 spiro atoms. The second-order valence-electron chi connectivity index (χ2n) is 6.88. The number of morpholine rings is 1. The Balaban J connectivity index is 1.62. The van der Waals surface area contributed by atoms with Gasteiger partial charge in [0.25, 0.3) is 0 Å². The first-order chi connectivity index (χ1) is 13.2. The van der Waals surface area contributed by atoms with Gasteiger partial charge in [0, 0.05) is 26.1 Å². The average molecular weight is 369 g/mol. The van der Waals surface area contributed by atoms with E-state index in [1.807, 2.05) is 67.6 Å². The largest absolute Gasteiger partial charge is 0.482 e. The lowest BCUT2D eigenvalue weighted by Crippen LogP contribution is -2.41. The van der Waals surface area contributed by atoms with Crippen molar-refractivity contribution < 1.29 is 19.0 Å². The van der Waals surface area contributed by atoms with Crippen LogP contribution in [-0.4, -0.2) is 50.3 Å². The van der Waals surface area contributed by atoms with Crippen LogP contribution < -0.4 is 4.74 Å². The van der Waals surface area contributed by atoms with E-state index in [1.165, 1.54) is 0 Å². The number of para-hydroxylation sites is 1. The van der Waals surface area contributed by atoms with Gasteiger partial charge in [0.05, 0.1) is 13.2 Å². The third-order valence-corrected chi connectivity index (χ3v) is 4.83. The molecule has 1 aliphatic rings. The summed E-state index contributed by atoms with van der Waals surface area (Å²) in [4.78, 5) is 14.8. The monoisotopic (exact) mass is 369 g/mol. The molecular weight excluding hydrogens is 342 g/mol. The van der Waals surface area contributed by atoms with Crippen molar-refractivity contribution in [2.75, 3.05) is 39.5 Å². The molecule has 1 unspecified atom stereocenters. The van der Waals surface area contributed by atoms with Gasteiger partial charge in [-0.2, -0.15) is 0 Å². The number of hydrogen-bond donors (Lipinski definition) is 0. The topological polar surface area (TPSA) is 48.0 Å². The third kappa shape index (κ3) is 5.81. The van der Waals surface area contributed by atoms with Crippen molar-refractivity contribution >= 4 is 5.97 Å². The van der Waals surface area contributed by atoms with E-state index in [9.17, 15) is 4.79 Å². The highest BCUT2D eigenvalue weighted by Gasteiger charge is 2.32. The van der Waals surface area contributed by atoms with Gasteiger partial charge in [0.1, 0.15) is 11.4 Å². The van der Waals surface area contributed by atoms with Gasteiger partial charge >= 0.3 is 5.97 Å². The summed E-state index contributed by atoms with van der Waals surface area (Å²) in [5.74, 6) is 0.288. The van der Waals surface area contributed by atoms with Gasteiger partial charge in [-0.15, -0.1) is 0 Å². The molecule has 3 rings (SSSR count). The summed E-state index contributed by atoms with van der Waals surface area (Å²) in [7, 11) is 0. The number of nitrogens with zero attached hydrogens (tertiary/aromatic N) is 1. The van der Waals surface area contributed by atoms with Crippen molar-refractivity contribution in [3.05, 3.63) is 66.2 Å². The Morgan fingerprint density at radius 2 is 1.67 bits per heavy atom. The van der Waals surface area contributed by atoms with Crippen LogP contribution in [0.25, 0.3) is 0 Å². The van der Waals surface area contributed by atoms with Crippen molar-refractivity contribution in [2.24, 2.45) is 0 Å². The third-order valence-electron chi connectivity index (χ3n) is 4.83. The molecule has 0 N–H and O–H groups in total. The van der Waals surface area contributed by atoms with E-state index in [4.69, 9.17) is 14.2 Å². The lowest BCUT2D eigenvalue weighted by atomic mass is 9.92. The average Bonchev–Trinajstić information content (AvgIpc) is 2.73. The predicted molar refractivity (Wildman–Crippen MR) is 104 cm³/mol. The summed E-state index contributed by atoms with van der Waals surface area (Å²) < 4.78 is 16.9. The fourth-order valence-corrected chi connectivity index (χ4v) is 3.18. The lowest BCUT2D eigenvalue weighted by Gasteiger charge is -2.34. The highest BCUT2D eigenvalue weighted by molar-refractivity contribution is 5.71. The van der Waals surface area contributed by atoms with Crippen LogP contribution in [0.3, 0.4) is 0 Å². The van der Waals surface area contributed by atoms with Crippen LogP contribution >= 0.6 is 0 Å². The number of carbonyl (C=O) groups excluding carboxylic acids is 1. The Morgan fingerprint density at radius 3 is 2.33 bits per heavy atom. The first-order valence-corrected chi connectivity index (χ1v) is 9.41. The quantitative estimate of drug-likeness (QED) is 0.669. The molecule has 0 aliphatic carbocycles. The standard InChI is InChI=1S/C22H27NO4/c1-22(19-8-4-2-5-9-19,12-13-23-14-16-25-17-15-23)27-21(24)18-26-20-10-6-3-7-11-20/h2-11H,12-18H2,1H3. The van der Waals surface area contributed by atoms with E-state index in [1.54, 1.807) is 0 Å². The fraction of sp³-hybridized carbons (Fsp3) is 0.409. The summed E-state index contributed by atoms with van der Waals surface area (Å²) in [5.41, 5.74) is 0.294. The van der Waals surface area contributed by atoms with Crippen molar-refractivity contribution in [2.45, 2.75) is 18.9 Å². The number of carbonyl (C=O) groups is 1. The Hall–Kier alpha value is -2.37. The molecule has 144 valence electrons. The van der Waals surface area contributed by atoms with Crippen LogP contribution in [0.4, 0.5) is 0 Å². The van der Waals surface area contributed by atoms with E-state index < -0.39 is 5.60 Å². The summed E-state index contributed by atoms with van der Waals surface area (Å²) in [6, 6.07) is 19.2. The number of rotatable bonds is 8. The zero-order chi connectivity index (χ0) is 19.0. The molecule has 2 aromatic carbocycles. The SMILES string of the molecule is CC(CCN1CCOCC1)(OC(=O)COc1ccccc1)c1ccccc1. The summed E-state index contributed by atoms with van der Waals surface area (Å²) in [6.07, 6.45) is 0.716. The van der Waals surface area contributed by atoms with Gasteiger partial charge in [-0.05, 0) is 24.6 Å². The van der Waals surface area contributed by atoms with Crippen LogP contribution in [-0.2, 0) is 19.9 Å². The maximum absolute atomic E-state index is 12.5. The van der Waals surface area contributed by atoms with Gasteiger partial charge in [-0.1, -0.05) is 48.5 Å². The zero-order valence-corrected chi connectivity index (χ0v) is 15.8. The summed E-state index contributed by atoms with van der Waals surface area (Å²) >= 11 is 0. The molecule has 0 amide bonds. The number of esters is 1. The van der Waals surface area contributed by atoms with Crippen LogP contribution in [0.5, 0.6) is 5.75 Å². The van der Waals surface area contributed by atoms with Crippen LogP contribution in [0.15, 0.2) is 60.7 Å². The molecule has 0 aromatic heterocycles. The molecule has 0 radical (unpaired) electrons. The highest BCUT2D eigenvalue weighted by atomic mass is 16.6.